The van der Waals surface area contributed by atoms with Gasteiger partial charge in [0.1, 0.15) is 17.2 Å². The van der Waals surface area contributed by atoms with Crippen LogP contribution in [0.15, 0.2) is 77.9 Å². The molecule has 0 spiro atoms. The highest BCUT2D eigenvalue weighted by Gasteiger charge is 2.40. The van der Waals surface area contributed by atoms with Gasteiger partial charge in [-0.2, -0.15) is 5.10 Å². The van der Waals surface area contributed by atoms with Crippen molar-refractivity contribution in [3.05, 3.63) is 89.5 Å². The Morgan fingerprint density at radius 1 is 0.906 bits per heavy atom. The van der Waals surface area contributed by atoms with Crippen LogP contribution >= 0.6 is 0 Å². The average molecular weight is 429 g/mol. The van der Waals surface area contributed by atoms with Gasteiger partial charge in [-0.1, -0.05) is 25.1 Å². The highest BCUT2D eigenvalue weighted by molar-refractivity contribution is 6.02. The maximum Gasteiger partial charge on any atom is 0.213 e. The van der Waals surface area contributed by atoms with E-state index in [1.165, 1.54) is 5.56 Å². The van der Waals surface area contributed by atoms with Crippen molar-refractivity contribution in [2.24, 2.45) is 5.10 Å². The van der Waals surface area contributed by atoms with Crippen molar-refractivity contribution in [1.29, 1.82) is 0 Å². The van der Waals surface area contributed by atoms with E-state index in [0.29, 0.717) is 6.61 Å². The number of ether oxygens (including phenoxy) is 3. The first-order valence-electron chi connectivity index (χ1n) is 11.3. The third-order valence-corrected chi connectivity index (χ3v) is 5.84. The van der Waals surface area contributed by atoms with Gasteiger partial charge in [0, 0.05) is 17.5 Å². The van der Waals surface area contributed by atoms with Crippen LogP contribution < -0.4 is 14.2 Å². The fraction of sp³-hybridized carbons (Fsp3) is 0.296. The van der Waals surface area contributed by atoms with Crippen molar-refractivity contribution in [3.8, 4) is 17.2 Å². The van der Waals surface area contributed by atoms with Crippen molar-refractivity contribution >= 4 is 5.71 Å². The normalized spacial score (nSPS) is 18.9. The van der Waals surface area contributed by atoms with Gasteiger partial charge in [0.2, 0.25) is 6.23 Å². The standard InChI is InChI=1S/C27H28N2O3/c1-3-17-31-22-15-11-20(12-16-22)27-29-25(23-7-5-6-8-26(23)32-27)18-24(28-29)19-9-13-21(14-10-19)30-4-2/h5-16,25,27H,3-4,17-18H2,1-2H3/t25-,27+/m1/s1. The average Bonchev–Trinajstić information content (AvgIpc) is 3.29. The minimum Gasteiger partial charge on any atom is -0.494 e. The molecule has 0 radical (unpaired) electrons. The second-order valence-electron chi connectivity index (χ2n) is 8.03. The first-order chi connectivity index (χ1) is 15.8. The van der Waals surface area contributed by atoms with Crippen LogP contribution in [0, 0.1) is 0 Å². The number of hydrazone groups is 1. The number of rotatable bonds is 7. The lowest BCUT2D eigenvalue weighted by atomic mass is 9.96. The van der Waals surface area contributed by atoms with E-state index in [4.69, 9.17) is 19.3 Å². The Bertz CT molecular complexity index is 1090. The largest absolute Gasteiger partial charge is 0.494 e. The Morgan fingerprint density at radius 3 is 2.38 bits per heavy atom. The van der Waals surface area contributed by atoms with Crippen LogP contribution in [0.1, 0.15) is 55.6 Å². The first kappa shape index (κ1) is 20.4. The summed E-state index contributed by atoms with van der Waals surface area (Å²) in [5.41, 5.74) is 4.41. The smallest absolute Gasteiger partial charge is 0.213 e. The fourth-order valence-electron chi connectivity index (χ4n) is 4.29. The summed E-state index contributed by atoms with van der Waals surface area (Å²) in [5, 5.41) is 7.14. The van der Waals surface area contributed by atoms with Crippen LogP contribution in [-0.4, -0.2) is 23.9 Å². The molecule has 3 aromatic carbocycles. The summed E-state index contributed by atoms with van der Waals surface area (Å²) in [7, 11) is 0. The van der Waals surface area contributed by atoms with Crippen molar-refractivity contribution < 1.29 is 14.2 Å². The molecule has 0 saturated heterocycles. The Labute approximate surface area is 189 Å². The lowest BCUT2D eigenvalue weighted by Gasteiger charge is -2.38. The van der Waals surface area contributed by atoms with E-state index in [1.54, 1.807) is 0 Å². The molecule has 0 aromatic heterocycles. The van der Waals surface area contributed by atoms with Gasteiger partial charge in [-0.3, -0.25) is 0 Å². The Balaban J connectivity index is 1.46. The van der Waals surface area contributed by atoms with Crippen LogP contribution in [-0.2, 0) is 0 Å². The summed E-state index contributed by atoms with van der Waals surface area (Å²) in [6.45, 7) is 5.48. The first-order valence-corrected chi connectivity index (χ1v) is 11.3. The van der Waals surface area contributed by atoms with Gasteiger partial charge in [-0.15, -0.1) is 0 Å². The van der Waals surface area contributed by atoms with Gasteiger partial charge in [0.05, 0.1) is 25.0 Å². The van der Waals surface area contributed by atoms with Crippen LogP contribution in [0.3, 0.4) is 0 Å². The van der Waals surface area contributed by atoms with Gasteiger partial charge in [0.25, 0.3) is 0 Å². The van der Waals surface area contributed by atoms with E-state index in [1.807, 2.05) is 43.3 Å². The molecular weight excluding hydrogens is 400 g/mol. The van der Waals surface area contributed by atoms with Gasteiger partial charge in [-0.05, 0) is 73.5 Å². The molecule has 0 saturated carbocycles. The minimum absolute atomic E-state index is 0.141. The molecule has 0 fully saturated rings. The number of hydrogen-bond acceptors (Lipinski definition) is 5. The zero-order valence-corrected chi connectivity index (χ0v) is 18.5. The number of fused-ring (bicyclic) bond motifs is 3. The molecule has 5 nitrogen and oxygen atoms in total. The van der Waals surface area contributed by atoms with Crippen molar-refractivity contribution in [1.82, 2.24) is 5.01 Å². The summed E-state index contributed by atoms with van der Waals surface area (Å²) in [5.74, 6) is 2.68. The Kier molecular flexibility index (Phi) is 5.71. The molecule has 2 aliphatic heterocycles. The van der Waals surface area contributed by atoms with Crippen molar-refractivity contribution in [2.75, 3.05) is 13.2 Å². The van der Waals surface area contributed by atoms with Crippen LogP contribution in [0.2, 0.25) is 0 Å². The van der Waals surface area contributed by atoms with Gasteiger partial charge >= 0.3 is 0 Å². The second-order valence-corrected chi connectivity index (χ2v) is 8.03. The van der Waals surface area contributed by atoms with E-state index >= 15 is 0 Å². The molecule has 0 aliphatic carbocycles. The quantitative estimate of drug-likeness (QED) is 0.455. The number of para-hydroxylation sites is 1. The molecule has 5 rings (SSSR count). The predicted octanol–water partition coefficient (Wildman–Crippen LogP) is 6.12. The highest BCUT2D eigenvalue weighted by Crippen LogP contribution is 2.47. The zero-order valence-electron chi connectivity index (χ0n) is 18.5. The molecule has 5 heteroatoms. The molecule has 3 aromatic rings. The van der Waals surface area contributed by atoms with Crippen molar-refractivity contribution in [2.45, 2.75) is 39.0 Å². The summed E-state index contributed by atoms with van der Waals surface area (Å²) in [6.07, 6.45) is 1.54. The van der Waals surface area contributed by atoms with E-state index in [9.17, 15) is 0 Å². The third kappa shape index (κ3) is 3.91. The summed E-state index contributed by atoms with van der Waals surface area (Å²) >= 11 is 0. The lowest BCUT2D eigenvalue weighted by Crippen LogP contribution is -2.33. The zero-order chi connectivity index (χ0) is 21.9. The SMILES string of the molecule is CCCOc1ccc([C@@H]2Oc3ccccc3[C@H]3CC(c4ccc(OCC)cc4)=NN32)cc1. The van der Waals surface area contributed by atoms with Crippen LogP contribution in [0.25, 0.3) is 0 Å². The lowest BCUT2D eigenvalue weighted by molar-refractivity contribution is -0.0190. The molecule has 2 heterocycles. The maximum absolute atomic E-state index is 6.45. The number of nitrogens with zero attached hydrogens (tertiary/aromatic N) is 2. The number of benzene rings is 3. The van der Waals surface area contributed by atoms with E-state index < -0.39 is 0 Å². The summed E-state index contributed by atoms with van der Waals surface area (Å²) in [6, 6.07) is 24.8. The number of hydrogen-bond donors (Lipinski definition) is 0. The monoisotopic (exact) mass is 428 g/mol. The molecule has 0 bridgehead atoms. The second kappa shape index (κ2) is 8.95. The van der Waals surface area contributed by atoms with Crippen molar-refractivity contribution in [3.63, 3.8) is 0 Å². The maximum atomic E-state index is 6.45. The van der Waals surface area contributed by atoms with E-state index in [0.717, 1.165) is 53.5 Å². The van der Waals surface area contributed by atoms with Crippen LogP contribution in [0.5, 0.6) is 17.2 Å². The Morgan fingerprint density at radius 2 is 1.62 bits per heavy atom. The molecule has 164 valence electrons. The summed E-state index contributed by atoms with van der Waals surface area (Å²) in [4.78, 5) is 0. The topological polar surface area (TPSA) is 43.3 Å². The van der Waals surface area contributed by atoms with Crippen LogP contribution in [0.4, 0.5) is 0 Å². The molecule has 32 heavy (non-hydrogen) atoms. The molecular formula is C27H28N2O3. The molecule has 0 amide bonds. The predicted molar refractivity (Wildman–Crippen MR) is 125 cm³/mol. The van der Waals surface area contributed by atoms with E-state index in [-0.39, 0.29) is 12.3 Å². The van der Waals surface area contributed by atoms with E-state index in [2.05, 4.69) is 48.3 Å². The molecule has 2 atom stereocenters. The highest BCUT2D eigenvalue weighted by atomic mass is 16.5. The molecule has 2 aliphatic rings. The molecule has 0 N–H and O–H groups in total. The van der Waals surface area contributed by atoms with Gasteiger partial charge < -0.3 is 14.2 Å². The molecule has 0 unspecified atom stereocenters. The fourth-order valence-corrected chi connectivity index (χ4v) is 4.29. The summed E-state index contributed by atoms with van der Waals surface area (Å²) < 4.78 is 17.8. The Hall–Kier alpha value is -3.47. The van der Waals surface area contributed by atoms with Gasteiger partial charge in [0.15, 0.2) is 0 Å². The van der Waals surface area contributed by atoms with Gasteiger partial charge in [-0.25, -0.2) is 5.01 Å². The third-order valence-electron chi connectivity index (χ3n) is 5.84. The minimum atomic E-state index is -0.282.